The molecule has 25 heavy (non-hydrogen) atoms. The summed E-state index contributed by atoms with van der Waals surface area (Å²) >= 11 is 0. The van der Waals surface area contributed by atoms with Crippen LogP contribution in [0.5, 0.6) is 0 Å². The van der Waals surface area contributed by atoms with Gasteiger partial charge in [-0.2, -0.15) is 0 Å². The second-order valence-electron chi connectivity index (χ2n) is 5.62. The lowest BCUT2D eigenvalue weighted by atomic mass is 10.1. The molecule has 2 aliphatic heterocycles. The van der Waals surface area contributed by atoms with Crippen molar-refractivity contribution in [1.29, 1.82) is 0 Å². The quantitative estimate of drug-likeness (QED) is 0.641. The maximum Gasteiger partial charge on any atom is 0.0825 e. The first-order valence-corrected chi connectivity index (χ1v) is 8.50. The molecule has 0 amide bonds. The van der Waals surface area contributed by atoms with Gasteiger partial charge in [0.15, 0.2) is 0 Å². The minimum Gasteiger partial charge on any atom is -0.375 e. The summed E-state index contributed by atoms with van der Waals surface area (Å²) in [7, 11) is 0. The van der Waals surface area contributed by atoms with Crippen molar-refractivity contribution in [3.63, 3.8) is 0 Å². The zero-order valence-corrected chi connectivity index (χ0v) is 14.2. The highest BCUT2D eigenvalue weighted by molar-refractivity contribution is 5.85. The summed E-state index contributed by atoms with van der Waals surface area (Å²) in [5.41, 5.74) is 3.60. The van der Waals surface area contributed by atoms with E-state index in [1.807, 2.05) is 12.1 Å². The lowest BCUT2D eigenvalue weighted by molar-refractivity contribution is 0.965. The van der Waals surface area contributed by atoms with Crippen molar-refractivity contribution >= 4 is 23.6 Å². The van der Waals surface area contributed by atoms with E-state index in [0.717, 1.165) is 26.2 Å². The van der Waals surface area contributed by atoms with Gasteiger partial charge in [0.2, 0.25) is 0 Å². The van der Waals surface area contributed by atoms with Gasteiger partial charge in [0.25, 0.3) is 0 Å². The van der Waals surface area contributed by atoms with E-state index in [0.29, 0.717) is 0 Å². The molecule has 3 aromatic rings. The van der Waals surface area contributed by atoms with Gasteiger partial charge >= 0.3 is 0 Å². The fraction of sp³-hybridized carbons (Fsp3) is 0.200. The molecule has 0 radical (unpaired) electrons. The molecule has 128 valence electrons. The van der Waals surface area contributed by atoms with Crippen LogP contribution in [-0.2, 0) is 0 Å². The third-order valence-corrected chi connectivity index (χ3v) is 3.75. The van der Waals surface area contributed by atoms with Crippen molar-refractivity contribution in [2.24, 2.45) is 9.98 Å². The van der Waals surface area contributed by atoms with Crippen molar-refractivity contribution in [1.82, 2.24) is 15.6 Å². The summed E-state index contributed by atoms with van der Waals surface area (Å²) in [4.78, 5) is 11.1. The predicted octanol–water partition coefficient (Wildman–Crippen LogP) is 3.07. The molecule has 0 unspecified atom stereocenters. The number of aromatic amines is 1. The molecular formula is C20H23N5. The summed E-state index contributed by atoms with van der Waals surface area (Å²) in [5, 5.41) is 7.12. The predicted molar refractivity (Wildman–Crippen MR) is 106 cm³/mol. The van der Waals surface area contributed by atoms with E-state index >= 15 is 0 Å². The number of benzene rings is 2. The molecule has 0 saturated carbocycles. The fourth-order valence-corrected chi connectivity index (χ4v) is 2.49. The number of nitrogens with one attached hydrogen (secondary N) is 3. The minimum absolute atomic E-state index is 0.958. The minimum atomic E-state index is 0.958. The van der Waals surface area contributed by atoms with Gasteiger partial charge in [-0.3, -0.25) is 9.98 Å². The Morgan fingerprint density at radius 1 is 0.720 bits per heavy atom. The Morgan fingerprint density at radius 3 is 1.88 bits per heavy atom. The number of para-hydroxylation sites is 1. The average molecular weight is 333 g/mol. The number of hydrogen-bond donors (Lipinski definition) is 3. The second-order valence-corrected chi connectivity index (χ2v) is 5.62. The SMILES string of the molecule is C1=NCCN1.C1=NCCN1.c1ccc(-c2cc3ccccc3[nH]2)cc1. The van der Waals surface area contributed by atoms with Crippen LogP contribution in [0.4, 0.5) is 0 Å². The highest BCUT2D eigenvalue weighted by Gasteiger charge is 2.00. The Morgan fingerprint density at radius 2 is 1.36 bits per heavy atom. The van der Waals surface area contributed by atoms with E-state index in [1.165, 1.54) is 22.2 Å². The number of aliphatic imine (C=N–C) groups is 2. The number of H-pyrrole nitrogens is 1. The van der Waals surface area contributed by atoms with Crippen LogP contribution in [0.15, 0.2) is 70.6 Å². The monoisotopic (exact) mass is 333 g/mol. The molecular weight excluding hydrogens is 310 g/mol. The first-order chi connectivity index (χ1) is 12.4. The topological polar surface area (TPSA) is 64.6 Å². The van der Waals surface area contributed by atoms with Gasteiger partial charge in [-0.05, 0) is 17.7 Å². The summed E-state index contributed by atoms with van der Waals surface area (Å²) in [6.07, 6.45) is 3.47. The summed E-state index contributed by atoms with van der Waals surface area (Å²) in [6.45, 7) is 3.97. The molecule has 3 N–H and O–H groups in total. The summed E-state index contributed by atoms with van der Waals surface area (Å²) in [5.74, 6) is 0. The first-order valence-electron chi connectivity index (χ1n) is 8.50. The Labute approximate surface area is 147 Å². The molecule has 0 bridgehead atoms. The van der Waals surface area contributed by atoms with Gasteiger partial charge in [0.05, 0.1) is 25.8 Å². The van der Waals surface area contributed by atoms with Crippen LogP contribution < -0.4 is 10.6 Å². The van der Waals surface area contributed by atoms with Crippen LogP contribution in [0, 0.1) is 0 Å². The van der Waals surface area contributed by atoms with Crippen LogP contribution in [-0.4, -0.2) is 43.8 Å². The number of rotatable bonds is 1. The Bertz CT molecular complexity index is 759. The van der Waals surface area contributed by atoms with E-state index in [9.17, 15) is 0 Å². The van der Waals surface area contributed by atoms with Gasteiger partial charge in [-0.15, -0.1) is 0 Å². The van der Waals surface area contributed by atoms with Crippen molar-refractivity contribution in [2.75, 3.05) is 26.2 Å². The summed E-state index contributed by atoms with van der Waals surface area (Å²) in [6, 6.07) is 20.9. The molecule has 0 saturated heterocycles. The highest BCUT2D eigenvalue weighted by atomic mass is 15.0. The molecule has 1 aromatic heterocycles. The molecule has 0 aliphatic carbocycles. The average Bonchev–Trinajstić information content (AvgIpc) is 3.47. The molecule has 5 heteroatoms. The number of aromatic nitrogens is 1. The van der Waals surface area contributed by atoms with Gasteiger partial charge in [-0.25, -0.2) is 0 Å². The molecule has 5 nitrogen and oxygen atoms in total. The van der Waals surface area contributed by atoms with Gasteiger partial charge in [-0.1, -0.05) is 48.5 Å². The van der Waals surface area contributed by atoms with E-state index in [-0.39, 0.29) is 0 Å². The second kappa shape index (κ2) is 9.27. The van der Waals surface area contributed by atoms with E-state index in [4.69, 9.17) is 0 Å². The van der Waals surface area contributed by atoms with Crippen molar-refractivity contribution in [3.05, 3.63) is 60.7 Å². The lowest BCUT2D eigenvalue weighted by Crippen LogP contribution is -2.04. The van der Waals surface area contributed by atoms with Gasteiger partial charge in [0, 0.05) is 29.7 Å². The normalized spacial score (nSPS) is 14.1. The number of nitrogens with zero attached hydrogens (tertiary/aromatic N) is 2. The van der Waals surface area contributed by atoms with Crippen LogP contribution in [0.3, 0.4) is 0 Å². The zero-order valence-electron chi connectivity index (χ0n) is 14.2. The number of fused-ring (bicyclic) bond motifs is 1. The maximum absolute atomic E-state index is 3.85. The van der Waals surface area contributed by atoms with Crippen molar-refractivity contribution in [3.8, 4) is 11.3 Å². The third kappa shape index (κ3) is 5.21. The van der Waals surface area contributed by atoms with E-state index in [2.05, 4.69) is 74.1 Å². The highest BCUT2D eigenvalue weighted by Crippen LogP contribution is 2.23. The zero-order chi connectivity index (χ0) is 17.2. The van der Waals surface area contributed by atoms with Crippen molar-refractivity contribution in [2.45, 2.75) is 0 Å². The molecule has 2 aromatic carbocycles. The smallest absolute Gasteiger partial charge is 0.0825 e. The first kappa shape index (κ1) is 16.8. The Hall–Kier alpha value is -3.08. The molecule has 5 rings (SSSR count). The Balaban J connectivity index is 0.000000148. The largest absolute Gasteiger partial charge is 0.375 e. The molecule has 0 fully saturated rings. The van der Waals surface area contributed by atoms with E-state index in [1.54, 1.807) is 12.7 Å². The van der Waals surface area contributed by atoms with E-state index < -0.39 is 0 Å². The molecule has 0 atom stereocenters. The van der Waals surface area contributed by atoms with Crippen LogP contribution in [0.1, 0.15) is 0 Å². The van der Waals surface area contributed by atoms with Crippen molar-refractivity contribution < 1.29 is 0 Å². The molecule has 3 heterocycles. The third-order valence-electron chi connectivity index (χ3n) is 3.75. The lowest BCUT2D eigenvalue weighted by Gasteiger charge is -1.94. The maximum atomic E-state index is 3.85. The van der Waals surface area contributed by atoms with Crippen LogP contribution in [0.2, 0.25) is 0 Å². The Kier molecular flexibility index (Phi) is 6.22. The van der Waals surface area contributed by atoms with Crippen LogP contribution >= 0.6 is 0 Å². The number of hydrogen-bond acceptors (Lipinski definition) is 4. The fourth-order valence-electron chi connectivity index (χ4n) is 2.49. The molecule has 0 spiro atoms. The molecule has 2 aliphatic rings. The van der Waals surface area contributed by atoms with Gasteiger partial charge in [0.1, 0.15) is 0 Å². The summed E-state index contributed by atoms with van der Waals surface area (Å²) < 4.78 is 0. The standard InChI is InChI=1S/C14H11N.2C3H6N2/c1-2-6-11(7-3-1)14-10-12-8-4-5-9-13(12)15-14;2*1-2-5-3-4-1/h1-10,15H;2*3H,1-2H2,(H,4,5). The van der Waals surface area contributed by atoms with Crippen LogP contribution in [0.25, 0.3) is 22.2 Å². The van der Waals surface area contributed by atoms with Gasteiger partial charge < -0.3 is 15.6 Å².